The Hall–Kier alpha value is -5.95. The summed E-state index contributed by atoms with van der Waals surface area (Å²) in [6.07, 6.45) is 2.50. The number of nitrogens with two attached hydrogens (primary N) is 1. The summed E-state index contributed by atoms with van der Waals surface area (Å²) in [5.74, 6) is 0.254. The van der Waals surface area contributed by atoms with Gasteiger partial charge in [0.15, 0.2) is 10.2 Å². The minimum Gasteiger partial charge on any atom is -0.448 e. The lowest BCUT2D eigenvalue weighted by atomic mass is 10.0. The first kappa shape index (κ1) is 43.2. The molecule has 3 amide bonds. The molecule has 2 aromatic heterocycles. The Labute approximate surface area is 356 Å². The first-order valence-electron chi connectivity index (χ1n) is 17.3. The molecular weight excluding hydrogens is 822 g/mol. The highest BCUT2D eigenvalue weighted by atomic mass is 35.5. The standard InChI is InChI=1S/C22H23ClN6O3S.C17H14ClN5OS/c1-22(2)19(30)28(14-6-8-17(24-3)16(23)12-14)21(33)29(22)15-7-9-18(25-13-15)26-20(31)32-11-10-27(4)5;1-17(2)15(24)22(10-4-6-13(20-3)12(18)8-10)16(25)23(17)11-5-7-14(19)21-9-11/h6-9,12-13H,10-11H2,1-2,4-5H3,(H,25,26,31);4-9H,1-2H3,(H2,19,21). The van der Waals surface area contributed by atoms with E-state index < -0.39 is 17.2 Å². The molecule has 0 bridgehead atoms. The van der Waals surface area contributed by atoms with Crippen LogP contribution < -0.4 is 30.7 Å². The number of pyridine rings is 2. The number of carbonyl (C=O) groups is 3. The molecule has 0 saturated carbocycles. The van der Waals surface area contributed by atoms with Crippen molar-refractivity contribution in [2.45, 2.75) is 38.8 Å². The molecule has 4 heterocycles. The predicted octanol–water partition coefficient (Wildman–Crippen LogP) is 8.10. The van der Waals surface area contributed by atoms with Crippen molar-refractivity contribution in [3.63, 3.8) is 0 Å². The fourth-order valence-corrected chi connectivity index (χ4v) is 7.42. The summed E-state index contributed by atoms with van der Waals surface area (Å²) in [6, 6.07) is 16.3. The number of ether oxygens (including phenoxy) is 1. The van der Waals surface area contributed by atoms with Crippen LogP contribution in [0.5, 0.6) is 0 Å². The molecular formula is C39H37Cl2N11O4S2. The van der Waals surface area contributed by atoms with Gasteiger partial charge in [-0.25, -0.2) is 24.5 Å². The molecule has 0 unspecified atom stereocenters. The van der Waals surface area contributed by atoms with Crippen LogP contribution in [-0.2, 0) is 14.3 Å². The van der Waals surface area contributed by atoms with Gasteiger partial charge in [-0.15, -0.1) is 0 Å². The molecule has 0 aliphatic carbocycles. The minimum atomic E-state index is -0.996. The first-order chi connectivity index (χ1) is 27.3. The maximum atomic E-state index is 13.2. The normalized spacial score (nSPS) is 15.6. The second-order valence-corrected chi connectivity index (χ2v) is 15.6. The van der Waals surface area contributed by atoms with Crippen molar-refractivity contribution in [1.29, 1.82) is 0 Å². The third-order valence-electron chi connectivity index (χ3n) is 8.99. The van der Waals surface area contributed by atoms with Gasteiger partial charge in [0.1, 0.15) is 29.3 Å². The van der Waals surface area contributed by atoms with Gasteiger partial charge in [0.2, 0.25) is 11.4 Å². The Balaban J connectivity index is 0.000000229. The van der Waals surface area contributed by atoms with Gasteiger partial charge in [-0.3, -0.25) is 24.7 Å². The van der Waals surface area contributed by atoms with E-state index in [0.29, 0.717) is 57.4 Å². The molecule has 2 aliphatic heterocycles. The van der Waals surface area contributed by atoms with Crippen molar-refractivity contribution < 1.29 is 19.1 Å². The smallest absolute Gasteiger partial charge is 0.412 e. The van der Waals surface area contributed by atoms with E-state index in [2.05, 4.69) is 25.0 Å². The highest BCUT2D eigenvalue weighted by Crippen LogP contribution is 2.40. The molecule has 4 aromatic rings. The molecule has 2 aromatic carbocycles. The number of thiocarbonyl (C=S) groups is 2. The van der Waals surface area contributed by atoms with Crippen LogP contribution in [0.4, 0.5) is 50.6 Å². The third kappa shape index (κ3) is 8.64. The highest BCUT2D eigenvalue weighted by molar-refractivity contribution is 7.81. The quantitative estimate of drug-likeness (QED) is 0.130. The van der Waals surface area contributed by atoms with Crippen molar-refractivity contribution in [3.05, 3.63) is 106 Å². The molecule has 298 valence electrons. The van der Waals surface area contributed by atoms with E-state index in [-0.39, 0.29) is 33.6 Å². The summed E-state index contributed by atoms with van der Waals surface area (Å²) in [7, 11) is 3.77. The zero-order valence-corrected chi connectivity index (χ0v) is 35.3. The molecule has 19 heteroatoms. The van der Waals surface area contributed by atoms with Crippen molar-refractivity contribution in [2.24, 2.45) is 0 Å². The summed E-state index contributed by atoms with van der Waals surface area (Å²) in [5.41, 5.74) is 6.60. The minimum absolute atomic E-state index is 0.194. The molecule has 2 saturated heterocycles. The van der Waals surface area contributed by atoms with Crippen molar-refractivity contribution in [1.82, 2.24) is 14.9 Å². The largest absolute Gasteiger partial charge is 0.448 e. The topological polar surface area (TPSA) is 149 Å². The Morgan fingerprint density at radius 1 is 0.793 bits per heavy atom. The molecule has 6 rings (SSSR count). The number of benzene rings is 2. The first-order valence-corrected chi connectivity index (χ1v) is 18.9. The Bertz CT molecular complexity index is 2380. The number of hydrogen-bond donors (Lipinski definition) is 2. The number of halogens is 2. The van der Waals surface area contributed by atoms with Gasteiger partial charge >= 0.3 is 6.09 Å². The fraction of sp³-hybridized carbons (Fsp3) is 0.256. The van der Waals surface area contributed by atoms with Gasteiger partial charge in [-0.05, 0) is 115 Å². The number of aromatic nitrogens is 2. The average Bonchev–Trinajstić information content (AvgIpc) is 3.46. The van der Waals surface area contributed by atoms with E-state index in [1.165, 1.54) is 16.0 Å². The number of anilines is 6. The lowest BCUT2D eigenvalue weighted by Crippen LogP contribution is -2.44. The molecule has 0 atom stereocenters. The fourth-order valence-electron chi connectivity index (χ4n) is 5.95. The van der Waals surface area contributed by atoms with E-state index in [1.54, 1.807) is 104 Å². The van der Waals surface area contributed by atoms with Gasteiger partial charge < -0.3 is 25.2 Å². The lowest BCUT2D eigenvalue weighted by Gasteiger charge is -2.29. The van der Waals surface area contributed by atoms with Gasteiger partial charge in [-0.1, -0.05) is 35.3 Å². The Morgan fingerprint density at radius 3 is 1.62 bits per heavy atom. The SMILES string of the molecule is [C-]#[N+]c1ccc(N2C(=O)C(C)(C)N(c3ccc(N)nc3)C2=S)cc1Cl.[C-]#[N+]c1ccc(N2C(=O)C(C)(C)N(c3ccc(NC(=O)OCCN(C)C)nc3)C2=S)cc1Cl. The second-order valence-electron chi connectivity index (χ2n) is 14.0. The predicted molar refractivity (Wildman–Crippen MR) is 235 cm³/mol. The van der Waals surface area contributed by atoms with E-state index in [0.717, 1.165) is 0 Å². The Morgan fingerprint density at radius 2 is 1.24 bits per heavy atom. The van der Waals surface area contributed by atoms with Gasteiger partial charge in [0.25, 0.3) is 11.8 Å². The van der Waals surface area contributed by atoms with Crippen molar-refractivity contribution in [3.8, 4) is 0 Å². The summed E-state index contributed by atoms with van der Waals surface area (Å²) in [4.78, 5) is 61.3. The molecule has 0 radical (unpaired) electrons. The number of amides is 3. The number of nitrogens with one attached hydrogen (secondary N) is 1. The van der Waals surface area contributed by atoms with Gasteiger partial charge in [-0.2, -0.15) is 0 Å². The van der Waals surface area contributed by atoms with Crippen LogP contribution in [-0.4, -0.2) is 81.3 Å². The zero-order chi connectivity index (χ0) is 42.7. The van der Waals surface area contributed by atoms with Crippen molar-refractivity contribution >= 4 is 122 Å². The molecule has 3 N–H and O–H groups in total. The van der Waals surface area contributed by atoms with Gasteiger partial charge in [0.05, 0.1) is 48.3 Å². The molecule has 15 nitrogen and oxygen atoms in total. The lowest BCUT2D eigenvalue weighted by molar-refractivity contribution is -0.121. The van der Waals surface area contributed by atoms with E-state index in [4.69, 9.17) is 71.3 Å². The maximum absolute atomic E-state index is 13.2. The maximum Gasteiger partial charge on any atom is 0.412 e. The number of nitrogen functional groups attached to an aromatic ring is 1. The summed E-state index contributed by atoms with van der Waals surface area (Å²) < 4.78 is 5.10. The van der Waals surface area contributed by atoms with Crippen LogP contribution in [0.3, 0.4) is 0 Å². The monoisotopic (exact) mass is 857 g/mol. The second kappa shape index (κ2) is 17.3. The number of likely N-dealkylation sites (N-methyl/N-ethyl adjacent to an activating group) is 1. The third-order valence-corrected chi connectivity index (χ3v) is 10.3. The van der Waals surface area contributed by atoms with E-state index >= 15 is 0 Å². The Kier molecular flexibility index (Phi) is 12.9. The average molecular weight is 859 g/mol. The number of rotatable bonds is 8. The van der Waals surface area contributed by atoms with Crippen molar-refractivity contribution in [2.75, 3.05) is 57.9 Å². The van der Waals surface area contributed by atoms with Crippen LogP contribution in [0.25, 0.3) is 9.69 Å². The zero-order valence-electron chi connectivity index (χ0n) is 32.2. The van der Waals surface area contributed by atoms with E-state index in [1.807, 2.05) is 19.0 Å². The number of hydrogen-bond acceptors (Lipinski definition) is 10. The van der Waals surface area contributed by atoms with Crippen LogP contribution in [0, 0.1) is 13.1 Å². The molecule has 0 spiro atoms. The number of nitrogens with zero attached hydrogens (tertiary/aromatic N) is 9. The van der Waals surface area contributed by atoms with Gasteiger partial charge in [0, 0.05) is 16.6 Å². The van der Waals surface area contributed by atoms with Crippen LogP contribution in [0.15, 0.2) is 73.1 Å². The molecule has 2 fully saturated rings. The van der Waals surface area contributed by atoms with E-state index in [9.17, 15) is 14.4 Å². The van der Waals surface area contributed by atoms with Crippen LogP contribution >= 0.6 is 47.6 Å². The highest BCUT2D eigenvalue weighted by Gasteiger charge is 2.51. The van der Waals surface area contributed by atoms with Crippen LogP contribution in [0.2, 0.25) is 10.0 Å². The summed E-state index contributed by atoms with van der Waals surface area (Å²) in [6.45, 7) is 22.2. The molecule has 58 heavy (non-hydrogen) atoms. The summed E-state index contributed by atoms with van der Waals surface area (Å²) in [5, 5.41) is 3.64. The number of carbonyl (C=O) groups excluding carboxylic acids is 3. The summed E-state index contributed by atoms with van der Waals surface area (Å²) >= 11 is 23.5. The molecule has 2 aliphatic rings. The van der Waals surface area contributed by atoms with Crippen LogP contribution in [0.1, 0.15) is 27.7 Å².